The lowest BCUT2D eigenvalue weighted by Gasteiger charge is -2.33. The van der Waals surface area contributed by atoms with E-state index in [-0.39, 0.29) is 16.9 Å². The second-order valence-electron chi connectivity index (χ2n) is 10.8. The molecule has 0 bridgehead atoms. The molecule has 208 valence electrons. The SMILES string of the molecule is Cc1cc(=O)[nH]c(Sc2oc(C=Nc3sc4c(c3C(=O)Nc3ccc(Cl)cc3)CC[C@@H](C(C)(C)C)C4)cc2Br)n1. The van der Waals surface area contributed by atoms with Crippen LogP contribution in [0.15, 0.2) is 65.3 Å². The minimum Gasteiger partial charge on any atom is -0.447 e. The minimum atomic E-state index is -0.223. The predicted octanol–water partition coefficient (Wildman–Crippen LogP) is 8.45. The summed E-state index contributed by atoms with van der Waals surface area (Å²) in [4.78, 5) is 38.4. The number of aromatic nitrogens is 2. The Morgan fingerprint density at radius 1 is 1.30 bits per heavy atom. The molecule has 3 heterocycles. The maximum atomic E-state index is 13.6. The number of amides is 1. The van der Waals surface area contributed by atoms with Crippen molar-refractivity contribution in [1.82, 2.24) is 9.97 Å². The van der Waals surface area contributed by atoms with Gasteiger partial charge < -0.3 is 14.7 Å². The number of aliphatic imine (C=N–C) groups is 1. The smallest absolute Gasteiger partial charge is 0.259 e. The topological polar surface area (TPSA) is 100 Å². The average molecular weight is 660 g/mol. The van der Waals surface area contributed by atoms with E-state index in [4.69, 9.17) is 21.0 Å². The maximum absolute atomic E-state index is 13.6. The van der Waals surface area contributed by atoms with Gasteiger partial charge in [0.05, 0.1) is 16.3 Å². The van der Waals surface area contributed by atoms with Crippen LogP contribution in [0.4, 0.5) is 10.7 Å². The standard InChI is InChI=1S/C29H28BrClN4O3S2/c1-15-11-23(36)35-28(33-15)40-27-21(30)13-19(38-27)14-32-26-24(25(37)34-18-8-6-17(31)7-9-18)20-10-5-16(29(2,3)4)12-22(20)39-26/h6-9,11,13-14,16H,5,10,12H2,1-4H3,(H,34,37)(H,33,35,36)/t16-/m1/s1. The van der Waals surface area contributed by atoms with Gasteiger partial charge in [0.25, 0.3) is 11.5 Å². The van der Waals surface area contributed by atoms with Crippen LogP contribution in [0.1, 0.15) is 59.4 Å². The molecule has 3 aromatic heterocycles. The second-order valence-corrected chi connectivity index (χ2v) is 14.1. The molecule has 0 fully saturated rings. The fourth-order valence-electron chi connectivity index (χ4n) is 4.67. The van der Waals surface area contributed by atoms with Crippen molar-refractivity contribution in [2.45, 2.75) is 57.2 Å². The van der Waals surface area contributed by atoms with Crippen LogP contribution in [0.3, 0.4) is 0 Å². The molecular weight excluding hydrogens is 632 g/mol. The monoisotopic (exact) mass is 658 g/mol. The third-order valence-electron chi connectivity index (χ3n) is 6.82. The lowest BCUT2D eigenvalue weighted by molar-refractivity contribution is 0.102. The molecule has 5 rings (SSSR count). The molecule has 1 aliphatic rings. The quantitative estimate of drug-likeness (QED) is 0.160. The summed E-state index contributed by atoms with van der Waals surface area (Å²) >= 11 is 12.3. The number of carbonyl (C=O) groups is 1. The molecule has 0 saturated heterocycles. The van der Waals surface area contributed by atoms with Crippen LogP contribution in [-0.4, -0.2) is 22.1 Å². The molecule has 0 unspecified atom stereocenters. The molecule has 4 aromatic rings. The largest absolute Gasteiger partial charge is 0.447 e. The molecule has 11 heteroatoms. The number of hydrogen-bond donors (Lipinski definition) is 2. The normalized spacial score (nSPS) is 15.4. The molecule has 0 radical (unpaired) electrons. The van der Waals surface area contributed by atoms with Crippen LogP contribution in [0.5, 0.6) is 0 Å². The van der Waals surface area contributed by atoms with E-state index in [9.17, 15) is 9.59 Å². The fraction of sp³-hybridized carbons (Fsp3) is 0.310. The van der Waals surface area contributed by atoms with Gasteiger partial charge in [-0.1, -0.05) is 32.4 Å². The van der Waals surface area contributed by atoms with Gasteiger partial charge in [0.2, 0.25) is 0 Å². The van der Waals surface area contributed by atoms with Crippen molar-refractivity contribution < 1.29 is 9.21 Å². The number of aryl methyl sites for hydroxylation is 1. The summed E-state index contributed by atoms with van der Waals surface area (Å²) in [5.41, 5.74) is 2.94. The van der Waals surface area contributed by atoms with Gasteiger partial charge in [0, 0.05) is 33.4 Å². The summed E-state index contributed by atoms with van der Waals surface area (Å²) in [6.45, 7) is 8.58. The number of hydrogen-bond acceptors (Lipinski definition) is 7. The third kappa shape index (κ3) is 6.62. The summed E-state index contributed by atoms with van der Waals surface area (Å²) in [5, 5.41) is 5.24. The third-order valence-corrected chi connectivity index (χ3v) is 9.96. The Morgan fingerprint density at radius 3 is 2.75 bits per heavy atom. The number of rotatable bonds is 6. The Hall–Kier alpha value is -2.66. The zero-order valence-corrected chi connectivity index (χ0v) is 26.4. The number of furan rings is 1. The van der Waals surface area contributed by atoms with E-state index in [0.717, 1.165) is 24.8 Å². The molecular formula is C29H28BrClN4O3S2. The highest BCUT2D eigenvalue weighted by atomic mass is 79.9. The maximum Gasteiger partial charge on any atom is 0.259 e. The van der Waals surface area contributed by atoms with Gasteiger partial charge >= 0.3 is 0 Å². The zero-order valence-electron chi connectivity index (χ0n) is 22.4. The van der Waals surface area contributed by atoms with Crippen molar-refractivity contribution in [3.8, 4) is 0 Å². The van der Waals surface area contributed by atoms with Gasteiger partial charge in [-0.3, -0.25) is 9.59 Å². The molecule has 1 atom stereocenters. The summed E-state index contributed by atoms with van der Waals surface area (Å²) in [7, 11) is 0. The molecule has 2 N–H and O–H groups in total. The predicted molar refractivity (Wildman–Crippen MR) is 166 cm³/mol. The highest BCUT2D eigenvalue weighted by molar-refractivity contribution is 9.10. The number of aromatic amines is 1. The molecule has 40 heavy (non-hydrogen) atoms. The first-order valence-electron chi connectivity index (χ1n) is 12.8. The van der Waals surface area contributed by atoms with E-state index in [0.29, 0.717) is 53.4 Å². The lowest BCUT2D eigenvalue weighted by Crippen LogP contribution is -2.27. The van der Waals surface area contributed by atoms with Gasteiger partial charge in [-0.15, -0.1) is 11.3 Å². The van der Waals surface area contributed by atoms with E-state index in [1.54, 1.807) is 54.8 Å². The van der Waals surface area contributed by atoms with E-state index < -0.39 is 0 Å². The summed E-state index contributed by atoms with van der Waals surface area (Å²) < 4.78 is 6.70. The van der Waals surface area contributed by atoms with E-state index in [2.05, 4.69) is 52.0 Å². The molecule has 1 aliphatic carbocycles. The highest BCUT2D eigenvalue weighted by Gasteiger charge is 2.33. The first-order chi connectivity index (χ1) is 19.0. The van der Waals surface area contributed by atoms with Gasteiger partial charge in [0.1, 0.15) is 10.8 Å². The number of benzene rings is 1. The highest BCUT2D eigenvalue weighted by Crippen LogP contribution is 2.45. The van der Waals surface area contributed by atoms with Crippen LogP contribution in [0.2, 0.25) is 5.02 Å². The fourth-order valence-corrected chi connectivity index (χ4v) is 7.43. The van der Waals surface area contributed by atoms with Crippen LogP contribution in [-0.2, 0) is 12.8 Å². The van der Waals surface area contributed by atoms with E-state index >= 15 is 0 Å². The number of carbonyl (C=O) groups excluding carboxylic acids is 1. The molecule has 1 aromatic carbocycles. The molecule has 0 aliphatic heterocycles. The first-order valence-corrected chi connectivity index (χ1v) is 15.6. The number of anilines is 1. The molecule has 7 nitrogen and oxygen atoms in total. The van der Waals surface area contributed by atoms with Gasteiger partial charge in [-0.05, 0) is 95.0 Å². The van der Waals surface area contributed by atoms with E-state index in [1.165, 1.54) is 22.7 Å². The van der Waals surface area contributed by atoms with Gasteiger partial charge in [-0.25, -0.2) is 9.98 Å². The van der Waals surface area contributed by atoms with Crippen molar-refractivity contribution in [3.05, 3.63) is 83.7 Å². The number of fused-ring (bicyclic) bond motifs is 1. The first kappa shape index (κ1) is 28.9. The molecule has 1 amide bonds. The summed E-state index contributed by atoms with van der Waals surface area (Å²) in [5.74, 6) is 0.852. The Morgan fingerprint density at radius 2 is 2.05 bits per heavy atom. The van der Waals surface area contributed by atoms with Crippen LogP contribution in [0.25, 0.3) is 0 Å². The van der Waals surface area contributed by atoms with Crippen molar-refractivity contribution in [1.29, 1.82) is 0 Å². The molecule has 0 spiro atoms. The zero-order chi connectivity index (χ0) is 28.6. The number of nitrogens with zero attached hydrogens (tertiary/aromatic N) is 2. The van der Waals surface area contributed by atoms with Crippen LogP contribution < -0.4 is 10.9 Å². The second kappa shape index (κ2) is 11.7. The van der Waals surface area contributed by atoms with Crippen molar-refractivity contribution >= 4 is 73.4 Å². The minimum absolute atomic E-state index is 0.182. The number of H-pyrrole nitrogens is 1. The lowest BCUT2D eigenvalue weighted by atomic mass is 9.72. The van der Waals surface area contributed by atoms with Crippen LogP contribution >= 0.6 is 50.6 Å². The summed E-state index contributed by atoms with van der Waals surface area (Å²) in [6, 6.07) is 10.3. The Kier molecular flexibility index (Phi) is 8.42. The Bertz CT molecular complexity index is 1650. The summed E-state index contributed by atoms with van der Waals surface area (Å²) in [6.07, 6.45) is 4.41. The van der Waals surface area contributed by atoms with Crippen LogP contribution in [0, 0.1) is 18.3 Å². The van der Waals surface area contributed by atoms with Gasteiger partial charge in [-0.2, -0.15) is 0 Å². The number of thiophene rings is 1. The number of nitrogens with one attached hydrogen (secondary N) is 2. The van der Waals surface area contributed by atoms with Crippen molar-refractivity contribution in [2.75, 3.05) is 5.32 Å². The van der Waals surface area contributed by atoms with Crippen molar-refractivity contribution in [3.63, 3.8) is 0 Å². The van der Waals surface area contributed by atoms with E-state index in [1.807, 2.05) is 0 Å². The Balaban J connectivity index is 1.45. The number of halogens is 2. The average Bonchev–Trinajstić information content (AvgIpc) is 3.42. The molecule has 0 saturated carbocycles. The van der Waals surface area contributed by atoms with Crippen molar-refractivity contribution in [2.24, 2.45) is 16.3 Å². The Labute approximate surface area is 254 Å². The van der Waals surface area contributed by atoms with Gasteiger partial charge in [0.15, 0.2) is 10.2 Å².